The maximum absolute atomic E-state index is 6.01. The van der Waals surface area contributed by atoms with Gasteiger partial charge in [0.05, 0.1) is 7.11 Å². The Morgan fingerprint density at radius 1 is 0.947 bits per heavy atom. The van der Waals surface area contributed by atoms with Gasteiger partial charge < -0.3 is 16.2 Å². The maximum Gasteiger partial charge on any atom is 0.118 e. The maximum atomic E-state index is 6.01. The number of hydrogen-bond acceptors (Lipinski definition) is 3. The van der Waals surface area contributed by atoms with Crippen LogP contribution in [0.15, 0.2) is 36.4 Å². The van der Waals surface area contributed by atoms with E-state index in [1.54, 1.807) is 7.11 Å². The number of nitrogens with two attached hydrogens (primary N) is 2. The minimum Gasteiger partial charge on any atom is -0.497 e. The first-order valence-corrected chi connectivity index (χ1v) is 5.88. The van der Waals surface area contributed by atoms with E-state index in [9.17, 15) is 0 Å². The van der Waals surface area contributed by atoms with Gasteiger partial charge in [0.15, 0.2) is 0 Å². The third kappa shape index (κ3) is 3.32. The molecule has 2 rings (SSSR count). The number of rotatable bonds is 3. The van der Waals surface area contributed by atoms with Crippen molar-refractivity contribution < 1.29 is 4.74 Å². The van der Waals surface area contributed by atoms with E-state index < -0.39 is 0 Å². The van der Waals surface area contributed by atoms with Crippen LogP contribution in [-0.2, 0) is 6.42 Å². The molecule has 0 aliphatic carbocycles. The van der Waals surface area contributed by atoms with Crippen molar-refractivity contribution in [3.63, 3.8) is 0 Å². The van der Waals surface area contributed by atoms with Gasteiger partial charge in [0, 0.05) is 11.4 Å². The van der Waals surface area contributed by atoms with Crippen LogP contribution in [0.4, 0.5) is 11.4 Å². The van der Waals surface area contributed by atoms with Crippen LogP contribution < -0.4 is 16.2 Å². The number of ether oxygens (including phenoxy) is 1. The van der Waals surface area contributed by atoms with E-state index >= 15 is 0 Å². The van der Waals surface area contributed by atoms with Gasteiger partial charge in [-0.05, 0) is 54.3 Å². The van der Waals surface area contributed by atoms with Gasteiger partial charge >= 0.3 is 0 Å². The Balaban J connectivity index is 0.00000180. The molecule has 2 aromatic carbocycles. The Labute approximate surface area is 120 Å². The van der Waals surface area contributed by atoms with Gasteiger partial charge in [0.1, 0.15) is 5.75 Å². The normalized spacial score (nSPS) is 9.79. The van der Waals surface area contributed by atoms with E-state index in [0.717, 1.165) is 34.7 Å². The molecule has 0 bridgehead atoms. The van der Waals surface area contributed by atoms with Gasteiger partial charge in [-0.2, -0.15) is 0 Å². The second kappa shape index (κ2) is 6.34. The molecule has 0 amide bonds. The molecule has 0 aromatic heterocycles. The Bertz CT molecular complexity index is 553. The zero-order valence-corrected chi connectivity index (χ0v) is 12.0. The van der Waals surface area contributed by atoms with Crippen molar-refractivity contribution in [2.45, 2.75) is 13.3 Å². The lowest BCUT2D eigenvalue weighted by Crippen LogP contribution is -2.02. The SMILES string of the molecule is COc1ccc(Cc2c(N)ccc(N)c2C)cc1.Cl. The van der Waals surface area contributed by atoms with E-state index in [-0.39, 0.29) is 12.4 Å². The summed E-state index contributed by atoms with van der Waals surface area (Å²) in [6.45, 7) is 2.00. The van der Waals surface area contributed by atoms with Crippen LogP contribution in [0.1, 0.15) is 16.7 Å². The molecule has 0 atom stereocenters. The van der Waals surface area contributed by atoms with Crippen molar-refractivity contribution in [2.24, 2.45) is 0 Å². The van der Waals surface area contributed by atoms with Crippen molar-refractivity contribution >= 4 is 23.8 Å². The highest BCUT2D eigenvalue weighted by molar-refractivity contribution is 5.85. The van der Waals surface area contributed by atoms with E-state index in [1.165, 1.54) is 5.56 Å². The average Bonchev–Trinajstić information content (AvgIpc) is 2.40. The van der Waals surface area contributed by atoms with Gasteiger partial charge in [-0.25, -0.2) is 0 Å². The fourth-order valence-electron chi connectivity index (χ4n) is 1.98. The molecule has 0 unspecified atom stereocenters. The third-order valence-electron chi connectivity index (χ3n) is 3.22. The average molecular weight is 279 g/mol. The first kappa shape index (κ1) is 15.2. The van der Waals surface area contributed by atoms with Crippen LogP contribution in [-0.4, -0.2) is 7.11 Å². The summed E-state index contributed by atoms with van der Waals surface area (Å²) in [4.78, 5) is 0. The summed E-state index contributed by atoms with van der Waals surface area (Å²) in [6, 6.07) is 11.7. The predicted molar refractivity (Wildman–Crippen MR) is 83.1 cm³/mol. The second-order valence-electron chi connectivity index (χ2n) is 4.37. The monoisotopic (exact) mass is 278 g/mol. The number of halogens is 1. The first-order chi connectivity index (χ1) is 8.61. The van der Waals surface area contributed by atoms with Crippen molar-refractivity contribution in [3.05, 3.63) is 53.1 Å². The second-order valence-corrected chi connectivity index (χ2v) is 4.37. The molecule has 0 aliphatic rings. The van der Waals surface area contributed by atoms with Gasteiger partial charge in [-0.1, -0.05) is 12.1 Å². The zero-order chi connectivity index (χ0) is 13.1. The molecule has 0 spiro atoms. The quantitative estimate of drug-likeness (QED) is 0.848. The summed E-state index contributed by atoms with van der Waals surface area (Å²) in [6.07, 6.45) is 0.784. The number of hydrogen-bond donors (Lipinski definition) is 2. The van der Waals surface area contributed by atoms with Crippen molar-refractivity contribution in [3.8, 4) is 5.75 Å². The van der Waals surface area contributed by atoms with Crippen molar-refractivity contribution in [2.75, 3.05) is 18.6 Å². The van der Waals surface area contributed by atoms with E-state index in [2.05, 4.69) is 0 Å². The summed E-state index contributed by atoms with van der Waals surface area (Å²) >= 11 is 0. The lowest BCUT2D eigenvalue weighted by atomic mass is 9.97. The van der Waals surface area contributed by atoms with Crippen molar-refractivity contribution in [1.29, 1.82) is 0 Å². The van der Waals surface area contributed by atoms with Crippen LogP contribution in [0.2, 0.25) is 0 Å². The molecule has 0 aliphatic heterocycles. The number of benzene rings is 2. The topological polar surface area (TPSA) is 61.3 Å². The highest BCUT2D eigenvalue weighted by Crippen LogP contribution is 2.25. The molecule has 19 heavy (non-hydrogen) atoms. The Kier molecular flexibility index (Phi) is 5.07. The summed E-state index contributed by atoms with van der Waals surface area (Å²) in [5.41, 5.74) is 16.9. The highest BCUT2D eigenvalue weighted by Gasteiger charge is 2.07. The predicted octanol–water partition coefficient (Wildman–Crippen LogP) is 3.18. The smallest absolute Gasteiger partial charge is 0.118 e. The summed E-state index contributed by atoms with van der Waals surface area (Å²) < 4.78 is 5.14. The molecule has 2 aromatic rings. The minimum atomic E-state index is 0. The highest BCUT2D eigenvalue weighted by atomic mass is 35.5. The number of methoxy groups -OCH3 is 1. The van der Waals surface area contributed by atoms with Gasteiger partial charge in [0.25, 0.3) is 0 Å². The van der Waals surface area contributed by atoms with Crippen molar-refractivity contribution in [1.82, 2.24) is 0 Å². The summed E-state index contributed by atoms with van der Waals surface area (Å²) in [5, 5.41) is 0. The van der Waals surface area contributed by atoms with Gasteiger partial charge in [-0.3, -0.25) is 0 Å². The molecular formula is C15H19ClN2O. The van der Waals surface area contributed by atoms with Crippen LogP contribution >= 0.6 is 12.4 Å². The van der Waals surface area contributed by atoms with Gasteiger partial charge in [-0.15, -0.1) is 12.4 Å². The molecule has 0 saturated carbocycles. The lowest BCUT2D eigenvalue weighted by molar-refractivity contribution is 0.414. The largest absolute Gasteiger partial charge is 0.497 e. The molecule has 0 heterocycles. The molecular weight excluding hydrogens is 260 g/mol. The Morgan fingerprint density at radius 2 is 1.53 bits per heavy atom. The first-order valence-electron chi connectivity index (χ1n) is 5.88. The Morgan fingerprint density at radius 3 is 2.11 bits per heavy atom. The lowest BCUT2D eigenvalue weighted by Gasteiger charge is -2.12. The standard InChI is InChI=1S/C15H18N2O.ClH/c1-10-13(15(17)8-7-14(10)16)9-11-3-5-12(18-2)6-4-11;/h3-8H,9,16-17H2,1-2H3;1H. The third-order valence-corrected chi connectivity index (χ3v) is 3.22. The fourth-order valence-corrected chi connectivity index (χ4v) is 1.98. The Hall–Kier alpha value is -1.87. The fraction of sp³-hybridized carbons (Fsp3) is 0.200. The van der Waals surface area contributed by atoms with Crippen LogP contribution in [0, 0.1) is 6.92 Å². The number of anilines is 2. The number of nitrogen functional groups attached to an aromatic ring is 2. The molecule has 102 valence electrons. The molecule has 4 heteroatoms. The summed E-state index contributed by atoms with van der Waals surface area (Å²) in [5.74, 6) is 0.857. The van der Waals surface area contributed by atoms with Crippen LogP contribution in [0.5, 0.6) is 5.75 Å². The molecule has 3 nitrogen and oxygen atoms in total. The summed E-state index contributed by atoms with van der Waals surface area (Å²) in [7, 11) is 1.66. The van der Waals surface area contributed by atoms with E-state index in [0.29, 0.717) is 0 Å². The van der Waals surface area contributed by atoms with Crippen LogP contribution in [0.3, 0.4) is 0 Å². The molecule has 4 N–H and O–H groups in total. The zero-order valence-electron chi connectivity index (χ0n) is 11.1. The molecule has 0 fully saturated rings. The van der Waals surface area contributed by atoms with E-state index in [1.807, 2.05) is 43.3 Å². The molecule has 0 radical (unpaired) electrons. The molecule has 0 saturated heterocycles. The van der Waals surface area contributed by atoms with E-state index in [4.69, 9.17) is 16.2 Å². The minimum absolute atomic E-state index is 0. The van der Waals surface area contributed by atoms with Crippen LogP contribution in [0.25, 0.3) is 0 Å². The van der Waals surface area contributed by atoms with Gasteiger partial charge in [0.2, 0.25) is 0 Å².